The van der Waals surface area contributed by atoms with Crippen molar-refractivity contribution in [3.8, 4) is 17.6 Å². The van der Waals surface area contributed by atoms with E-state index in [0.29, 0.717) is 11.3 Å². The molecule has 0 atom stereocenters. The van der Waals surface area contributed by atoms with Gasteiger partial charge in [-0.05, 0) is 25.0 Å². The van der Waals surface area contributed by atoms with Crippen molar-refractivity contribution in [2.24, 2.45) is 0 Å². The Hall–Kier alpha value is -1.69. The van der Waals surface area contributed by atoms with E-state index < -0.39 is 5.41 Å². The number of phenolic OH excluding ortho intramolecular Hbond substituents is 1. The number of phenols is 1. The number of nitrogens with zero attached hydrogens (tertiary/aromatic N) is 1. The Kier molecular flexibility index (Phi) is 1.85. The number of nitriles is 1. The van der Waals surface area contributed by atoms with Gasteiger partial charge in [0, 0.05) is 0 Å². The highest BCUT2D eigenvalue weighted by Gasteiger charge is 2.48. The molecule has 0 radical (unpaired) electrons. The SMILES string of the molecule is COc1cccc(O)c1C1(C#N)CC1. The second-order valence-electron chi connectivity index (χ2n) is 3.55. The monoisotopic (exact) mass is 189 g/mol. The van der Waals surface area contributed by atoms with E-state index in [1.807, 2.05) is 0 Å². The molecule has 0 unspecified atom stereocenters. The van der Waals surface area contributed by atoms with Crippen LogP contribution in [0.1, 0.15) is 18.4 Å². The van der Waals surface area contributed by atoms with E-state index in [-0.39, 0.29) is 5.75 Å². The third-order valence-corrected chi connectivity index (χ3v) is 2.67. The van der Waals surface area contributed by atoms with Crippen LogP contribution in [-0.4, -0.2) is 12.2 Å². The van der Waals surface area contributed by atoms with Crippen molar-refractivity contribution < 1.29 is 9.84 Å². The summed E-state index contributed by atoms with van der Waals surface area (Å²) in [6.07, 6.45) is 1.61. The van der Waals surface area contributed by atoms with E-state index in [0.717, 1.165) is 12.8 Å². The maximum absolute atomic E-state index is 9.70. The third-order valence-electron chi connectivity index (χ3n) is 2.67. The topological polar surface area (TPSA) is 53.2 Å². The van der Waals surface area contributed by atoms with Crippen molar-refractivity contribution >= 4 is 0 Å². The Bertz CT molecular complexity index is 402. The number of rotatable bonds is 2. The lowest BCUT2D eigenvalue weighted by molar-refractivity contribution is 0.396. The summed E-state index contributed by atoms with van der Waals surface area (Å²) in [7, 11) is 1.55. The fourth-order valence-electron chi connectivity index (χ4n) is 1.71. The number of aromatic hydroxyl groups is 1. The van der Waals surface area contributed by atoms with Crippen LogP contribution in [0.2, 0.25) is 0 Å². The third kappa shape index (κ3) is 1.12. The number of hydrogen-bond donors (Lipinski definition) is 1. The Labute approximate surface area is 82.6 Å². The van der Waals surface area contributed by atoms with Crippen LogP contribution in [0.4, 0.5) is 0 Å². The number of hydrogen-bond acceptors (Lipinski definition) is 3. The highest BCUT2D eigenvalue weighted by atomic mass is 16.5. The highest BCUT2D eigenvalue weighted by molar-refractivity contribution is 5.55. The average molecular weight is 189 g/mol. The molecule has 3 heteroatoms. The minimum Gasteiger partial charge on any atom is -0.507 e. The van der Waals surface area contributed by atoms with Gasteiger partial charge in [-0.25, -0.2) is 0 Å². The molecule has 0 spiro atoms. The van der Waals surface area contributed by atoms with Crippen LogP contribution < -0.4 is 4.74 Å². The Morgan fingerprint density at radius 1 is 1.50 bits per heavy atom. The average Bonchev–Trinajstić information content (AvgIpc) is 2.98. The zero-order valence-corrected chi connectivity index (χ0v) is 7.95. The molecule has 1 aromatic rings. The van der Waals surface area contributed by atoms with E-state index in [2.05, 4.69) is 6.07 Å². The van der Waals surface area contributed by atoms with Crippen LogP contribution in [0, 0.1) is 11.3 Å². The lowest BCUT2D eigenvalue weighted by Crippen LogP contribution is -2.05. The van der Waals surface area contributed by atoms with Gasteiger partial charge in [0.05, 0.1) is 24.2 Å². The second kappa shape index (κ2) is 2.91. The fraction of sp³-hybridized carbons (Fsp3) is 0.364. The Morgan fingerprint density at radius 2 is 2.21 bits per heavy atom. The van der Waals surface area contributed by atoms with Crippen LogP contribution >= 0.6 is 0 Å². The van der Waals surface area contributed by atoms with Gasteiger partial charge in [-0.3, -0.25) is 0 Å². The van der Waals surface area contributed by atoms with E-state index in [9.17, 15) is 5.11 Å². The van der Waals surface area contributed by atoms with Crippen LogP contribution in [0.3, 0.4) is 0 Å². The molecule has 1 fully saturated rings. The Morgan fingerprint density at radius 3 is 2.71 bits per heavy atom. The maximum atomic E-state index is 9.70. The molecule has 0 bridgehead atoms. The molecule has 3 nitrogen and oxygen atoms in total. The molecular weight excluding hydrogens is 178 g/mol. The predicted octanol–water partition coefficient (Wildman–Crippen LogP) is 1.96. The van der Waals surface area contributed by atoms with E-state index in [1.165, 1.54) is 0 Å². The normalized spacial score (nSPS) is 17.1. The Balaban J connectivity index is 2.57. The van der Waals surface area contributed by atoms with E-state index in [4.69, 9.17) is 10.00 Å². The van der Waals surface area contributed by atoms with Gasteiger partial charge in [-0.15, -0.1) is 0 Å². The summed E-state index contributed by atoms with van der Waals surface area (Å²) in [6, 6.07) is 7.32. The van der Waals surface area contributed by atoms with E-state index >= 15 is 0 Å². The van der Waals surface area contributed by atoms with Gasteiger partial charge in [0.1, 0.15) is 11.5 Å². The zero-order chi connectivity index (χ0) is 10.2. The molecule has 72 valence electrons. The molecule has 0 amide bonds. The second-order valence-corrected chi connectivity index (χ2v) is 3.55. The summed E-state index contributed by atoms with van der Waals surface area (Å²) in [5, 5.41) is 18.7. The van der Waals surface area contributed by atoms with Gasteiger partial charge >= 0.3 is 0 Å². The van der Waals surface area contributed by atoms with Crippen molar-refractivity contribution in [3.05, 3.63) is 23.8 Å². The number of methoxy groups -OCH3 is 1. The minimum absolute atomic E-state index is 0.156. The lowest BCUT2D eigenvalue weighted by Gasteiger charge is -2.13. The molecule has 1 aromatic carbocycles. The molecule has 1 aliphatic rings. The predicted molar refractivity (Wildman–Crippen MR) is 51.2 cm³/mol. The smallest absolute Gasteiger partial charge is 0.127 e. The fourth-order valence-corrected chi connectivity index (χ4v) is 1.71. The summed E-state index contributed by atoms with van der Waals surface area (Å²) >= 11 is 0. The first-order valence-corrected chi connectivity index (χ1v) is 4.51. The largest absolute Gasteiger partial charge is 0.507 e. The summed E-state index contributed by atoms with van der Waals surface area (Å²) in [5.74, 6) is 0.757. The van der Waals surface area contributed by atoms with Gasteiger partial charge in [0.2, 0.25) is 0 Å². The summed E-state index contributed by atoms with van der Waals surface area (Å²) in [6.45, 7) is 0. The highest BCUT2D eigenvalue weighted by Crippen LogP contribution is 2.53. The van der Waals surface area contributed by atoms with Crippen molar-refractivity contribution in [1.29, 1.82) is 5.26 Å². The molecule has 0 saturated heterocycles. The quantitative estimate of drug-likeness (QED) is 0.773. The van der Waals surface area contributed by atoms with Crippen LogP contribution in [-0.2, 0) is 5.41 Å². The maximum Gasteiger partial charge on any atom is 0.127 e. The molecule has 0 aliphatic heterocycles. The summed E-state index contributed by atoms with van der Waals surface area (Å²) < 4.78 is 5.14. The number of benzene rings is 1. The van der Waals surface area contributed by atoms with E-state index in [1.54, 1.807) is 25.3 Å². The van der Waals surface area contributed by atoms with Crippen LogP contribution in [0.25, 0.3) is 0 Å². The van der Waals surface area contributed by atoms with Gasteiger partial charge < -0.3 is 9.84 Å². The molecular formula is C11H11NO2. The van der Waals surface area contributed by atoms with Gasteiger partial charge in [0.25, 0.3) is 0 Å². The number of ether oxygens (including phenoxy) is 1. The van der Waals surface area contributed by atoms with Crippen molar-refractivity contribution in [1.82, 2.24) is 0 Å². The van der Waals surface area contributed by atoms with Crippen molar-refractivity contribution in [3.63, 3.8) is 0 Å². The first-order valence-electron chi connectivity index (χ1n) is 4.51. The molecule has 1 N–H and O–H groups in total. The molecule has 0 heterocycles. The van der Waals surface area contributed by atoms with Gasteiger partial charge in [-0.1, -0.05) is 6.07 Å². The molecule has 0 aromatic heterocycles. The van der Waals surface area contributed by atoms with Crippen molar-refractivity contribution in [2.45, 2.75) is 18.3 Å². The zero-order valence-electron chi connectivity index (χ0n) is 7.95. The summed E-state index contributed by atoms with van der Waals surface area (Å²) in [5.41, 5.74) is 0.140. The van der Waals surface area contributed by atoms with Crippen LogP contribution in [0.15, 0.2) is 18.2 Å². The molecule has 14 heavy (non-hydrogen) atoms. The molecule has 1 aliphatic carbocycles. The lowest BCUT2D eigenvalue weighted by atomic mass is 9.95. The molecule has 2 rings (SSSR count). The molecule has 1 saturated carbocycles. The van der Waals surface area contributed by atoms with Gasteiger partial charge in [-0.2, -0.15) is 5.26 Å². The first kappa shape index (κ1) is 8.89. The minimum atomic E-state index is -0.503. The van der Waals surface area contributed by atoms with Crippen LogP contribution in [0.5, 0.6) is 11.5 Å². The van der Waals surface area contributed by atoms with Gasteiger partial charge in [0.15, 0.2) is 0 Å². The first-order chi connectivity index (χ1) is 6.73. The summed E-state index contributed by atoms with van der Waals surface area (Å²) in [4.78, 5) is 0. The standard InChI is InChI=1S/C11H11NO2/c1-14-9-4-2-3-8(13)10(9)11(7-12)5-6-11/h2-4,13H,5-6H2,1H3. The van der Waals surface area contributed by atoms with Crippen molar-refractivity contribution in [2.75, 3.05) is 7.11 Å².